The number of benzene rings is 1. The Hall–Kier alpha value is -1.46. The first-order valence-electron chi connectivity index (χ1n) is 5.15. The predicted octanol–water partition coefficient (Wildman–Crippen LogP) is 2.11. The van der Waals surface area contributed by atoms with Crippen molar-refractivity contribution in [3.8, 4) is 0 Å². The molecule has 4 N–H and O–H groups in total. The van der Waals surface area contributed by atoms with Crippen molar-refractivity contribution in [1.82, 2.24) is 5.32 Å². The highest BCUT2D eigenvalue weighted by Gasteiger charge is 2.12. The van der Waals surface area contributed by atoms with Crippen molar-refractivity contribution in [2.24, 2.45) is 16.8 Å². The highest BCUT2D eigenvalue weighted by Crippen LogP contribution is 2.18. The lowest BCUT2D eigenvalue weighted by molar-refractivity contribution is 0.0951. The van der Waals surface area contributed by atoms with Crippen molar-refractivity contribution in [3.05, 3.63) is 33.8 Å². The van der Waals surface area contributed by atoms with Gasteiger partial charge < -0.3 is 16.3 Å². The summed E-state index contributed by atoms with van der Waals surface area (Å²) in [5, 5.41) is 14.8. The van der Waals surface area contributed by atoms with E-state index in [4.69, 9.17) is 34.1 Å². The monoisotopic (exact) mass is 289 g/mol. The Kier molecular flexibility index (Phi) is 5.25. The largest absolute Gasteiger partial charge is 0.409 e. The van der Waals surface area contributed by atoms with E-state index in [9.17, 15) is 4.79 Å². The Morgan fingerprint density at radius 1 is 1.44 bits per heavy atom. The molecule has 0 aliphatic rings. The first-order chi connectivity index (χ1) is 8.43. The van der Waals surface area contributed by atoms with Gasteiger partial charge in [0.1, 0.15) is 5.84 Å². The van der Waals surface area contributed by atoms with Crippen LogP contribution < -0.4 is 11.1 Å². The average molecular weight is 290 g/mol. The van der Waals surface area contributed by atoms with Crippen LogP contribution in [0.15, 0.2) is 23.4 Å². The van der Waals surface area contributed by atoms with Gasteiger partial charge in [0.05, 0.1) is 0 Å². The van der Waals surface area contributed by atoms with Crippen LogP contribution in [0, 0.1) is 5.92 Å². The second kappa shape index (κ2) is 6.47. The number of nitrogens with two attached hydrogens (primary N) is 1. The molecule has 5 nitrogen and oxygen atoms in total. The van der Waals surface area contributed by atoms with Crippen LogP contribution in [0.2, 0.25) is 10.0 Å². The molecule has 18 heavy (non-hydrogen) atoms. The molecule has 0 saturated heterocycles. The highest BCUT2D eigenvalue weighted by molar-refractivity contribution is 6.35. The number of amidine groups is 1. The molecule has 0 saturated carbocycles. The molecule has 7 heteroatoms. The lowest BCUT2D eigenvalue weighted by Crippen LogP contribution is -2.34. The minimum atomic E-state index is -0.322. The molecular formula is C11H13Cl2N3O2. The number of rotatable bonds is 4. The third kappa shape index (κ3) is 4.09. The molecule has 98 valence electrons. The smallest absolute Gasteiger partial charge is 0.251 e. The van der Waals surface area contributed by atoms with E-state index in [1.54, 1.807) is 13.0 Å². The van der Waals surface area contributed by atoms with Crippen molar-refractivity contribution in [1.29, 1.82) is 0 Å². The summed E-state index contributed by atoms with van der Waals surface area (Å²) in [6.45, 7) is 1.97. The van der Waals surface area contributed by atoms with Gasteiger partial charge in [-0.15, -0.1) is 0 Å². The summed E-state index contributed by atoms with van der Waals surface area (Å²) in [7, 11) is 0. The van der Waals surface area contributed by atoms with Crippen LogP contribution in [0.25, 0.3) is 0 Å². The molecular weight excluding hydrogens is 277 g/mol. The van der Waals surface area contributed by atoms with Crippen LogP contribution in [0.5, 0.6) is 0 Å². The van der Waals surface area contributed by atoms with Gasteiger partial charge in [-0.05, 0) is 18.2 Å². The van der Waals surface area contributed by atoms with E-state index in [-0.39, 0.29) is 24.2 Å². The SMILES string of the molecule is CC(CNC(=O)c1cc(Cl)cc(Cl)c1)C(N)=NO. The minimum Gasteiger partial charge on any atom is -0.409 e. The molecule has 0 fully saturated rings. The van der Waals surface area contributed by atoms with E-state index < -0.39 is 0 Å². The van der Waals surface area contributed by atoms with E-state index >= 15 is 0 Å². The molecule has 0 radical (unpaired) electrons. The van der Waals surface area contributed by atoms with Crippen LogP contribution in [0.1, 0.15) is 17.3 Å². The van der Waals surface area contributed by atoms with Gasteiger partial charge in [0, 0.05) is 28.1 Å². The van der Waals surface area contributed by atoms with E-state index in [2.05, 4.69) is 10.5 Å². The summed E-state index contributed by atoms with van der Waals surface area (Å²) in [6.07, 6.45) is 0. The quantitative estimate of drug-likeness (QED) is 0.343. The summed E-state index contributed by atoms with van der Waals surface area (Å²) >= 11 is 11.6. The van der Waals surface area contributed by atoms with Crippen LogP contribution in [-0.2, 0) is 0 Å². The number of nitrogens with zero attached hydrogens (tertiary/aromatic N) is 1. The number of carbonyl (C=O) groups is 1. The van der Waals surface area contributed by atoms with Crippen molar-refractivity contribution < 1.29 is 10.0 Å². The summed E-state index contributed by atoms with van der Waals surface area (Å²) in [4.78, 5) is 11.8. The molecule has 1 aromatic rings. The summed E-state index contributed by atoms with van der Waals surface area (Å²) in [5.74, 6) is -0.537. The lowest BCUT2D eigenvalue weighted by atomic mass is 10.1. The molecule has 1 rings (SSSR count). The average Bonchev–Trinajstić information content (AvgIpc) is 2.33. The van der Waals surface area contributed by atoms with Gasteiger partial charge in [-0.3, -0.25) is 4.79 Å². The third-order valence-electron chi connectivity index (χ3n) is 2.31. The summed E-state index contributed by atoms with van der Waals surface area (Å²) in [6, 6.07) is 4.56. The fourth-order valence-electron chi connectivity index (χ4n) is 1.24. The Balaban J connectivity index is 2.66. The van der Waals surface area contributed by atoms with Crippen molar-refractivity contribution in [2.45, 2.75) is 6.92 Å². The molecule has 1 aromatic carbocycles. The van der Waals surface area contributed by atoms with E-state index in [0.29, 0.717) is 15.6 Å². The van der Waals surface area contributed by atoms with Crippen LogP contribution in [0.3, 0.4) is 0 Å². The topological polar surface area (TPSA) is 87.7 Å². The number of nitrogens with one attached hydrogen (secondary N) is 1. The summed E-state index contributed by atoms with van der Waals surface area (Å²) < 4.78 is 0. The standard InChI is InChI=1S/C11H13Cl2N3O2/c1-6(10(14)16-18)5-15-11(17)7-2-8(12)4-9(13)3-7/h2-4,6,18H,5H2,1H3,(H2,14,16)(H,15,17). The number of halogens is 2. The van der Waals surface area contributed by atoms with Crippen molar-refractivity contribution in [2.75, 3.05) is 6.54 Å². The van der Waals surface area contributed by atoms with Gasteiger partial charge in [0.25, 0.3) is 5.91 Å². The molecule has 0 heterocycles. The second-order valence-corrected chi connectivity index (χ2v) is 4.67. The molecule has 0 aliphatic carbocycles. The van der Waals surface area contributed by atoms with Gasteiger partial charge in [0.2, 0.25) is 0 Å². The van der Waals surface area contributed by atoms with E-state index in [1.807, 2.05) is 0 Å². The van der Waals surface area contributed by atoms with Gasteiger partial charge in [-0.1, -0.05) is 35.3 Å². The second-order valence-electron chi connectivity index (χ2n) is 3.79. The number of oxime groups is 1. The maximum absolute atomic E-state index is 11.8. The predicted molar refractivity (Wildman–Crippen MR) is 71.4 cm³/mol. The molecule has 0 bridgehead atoms. The first-order valence-corrected chi connectivity index (χ1v) is 5.91. The normalized spacial score (nSPS) is 13.2. The number of carbonyl (C=O) groups excluding carboxylic acids is 1. The third-order valence-corrected chi connectivity index (χ3v) is 2.75. The molecule has 0 aliphatic heterocycles. The van der Waals surface area contributed by atoms with Gasteiger partial charge in [0.15, 0.2) is 0 Å². The number of hydrogen-bond donors (Lipinski definition) is 3. The fraction of sp³-hybridized carbons (Fsp3) is 0.273. The summed E-state index contributed by atoms with van der Waals surface area (Å²) in [5.41, 5.74) is 5.76. The zero-order chi connectivity index (χ0) is 13.7. The molecule has 0 spiro atoms. The van der Waals surface area contributed by atoms with Crippen LogP contribution in [-0.4, -0.2) is 23.5 Å². The molecule has 1 amide bonds. The maximum Gasteiger partial charge on any atom is 0.251 e. The number of hydrogen-bond acceptors (Lipinski definition) is 3. The van der Waals surface area contributed by atoms with Crippen molar-refractivity contribution >= 4 is 34.9 Å². The molecule has 1 unspecified atom stereocenters. The minimum absolute atomic E-state index is 0.0550. The van der Waals surface area contributed by atoms with E-state index in [0.717, 1.165) is 0 Å². The Bertz CT molecular complexity index is 457. The van der Waals surface area contributed by atoms with Crippen LogP contribution in [0.4, 0.5) is 0 Å². The van der Waals surface area contributed by atoms with Crippen molar-refractivity contribution in [3.63, 3.8) is 0 Å². The van der Waals surface area contributed by atoms with E-state index in [1.165, 1.54) is 12.1 Å². The highest BCUT2D eigenvalue weighted by atomic mass is 35.5. The Morgan fingerprint density at radius 2 is 2.00 bits per heavy atom. The van der Waals surface area contributed by atoms with Gasteiger partial charge in [-0.25, -0.2) is 0 Å². The molecule has 1 atom stereocenters. The Labute approximate surface area is 115 Å². The number of amides is 1. The zero-order valence-electron chi connectivity index (χ0n) is 9.65. The fourth-order valence-corrected chi connectivity index (χ4v) is 1.76. The lowest BCUT2D eigenvalue weighted by Gasteiger charge is -2.11. The van der Waals surface area contributed by atoms with Crippen LogP contribution >= 0.6 is 23.2 Å². The Morgan fingerprint density at radius 3 is 2.50 bits per heavy atom. The first kappa shape index (κ1) is 14.6. The van der Waals surface area contributed by atoms with Gasteiger partial charge in [-0.2, -0.15) is 0 Å². The van der Waals surface area contributed by atoms with Gasteiger partial charge >= 0.3 is 0 Å². The zero-order valence-corrected chi connectivity index (χ0v) is 11.2. The maximum atomic E-state index is 11.8. The molecule has 0 aromatic heterocycles.